The molecule has 4 aromatic carbocycles. The molecule has 142 valence electrons. The van der Waals surface area contributed by atoms with Crippen LogP contribution in [0, 0.1) is 0 Å². The number of carbonyl (C=O) groups is 2. The lowest BCUT2D eigenvalue weighted by atomic mass is 9.97. The number of esters is 1. The number of fused-ring (bicyclic) bond motifs is 3. The van der Waals surface area contributed by atoms with Crippen LogP contribution in [0.1, 0.15) is 15.9 Å². The molecule has 1 heterocycles. The van der Waals surface area contributed by atoms with Crippen molar-refractivity contribution in [3.05, 3.63) is 90.0 Å². The van der Waals surface area contributed by atoms with E-state index < -0.39 is 5.97 Å². The number of carbonyl (C=O) groups excluding carboxylic acids is 2. The van der Waals surface area contributed by atoms with Crippen molar-refractivity contribution in [2.75, 3.05) is 18.1 Å². The normalized spacial score (nSPS) is 12.9. The first kappa shape index (κ1) is 17.4. The van der Waals surface area contributed by atoms with Crippen LogP contribution in [0.2, 0.25) is 0 Å². The second kappa shape index (κ2) is 7.06. The van der Waals surface area contributed by atoms with Crippen molar-refractivity contribution in [1.29, 1.82) is 0 Å². The summed E-state index contributed by atoms with van der Waals surface area (Å²) in [5.74, 6) is -0.674. The second-order valence-corrected chi connectivity index (χ2v) is 7.19. The maximum atomic E-state index is 13.0. The Morgan fingerprint density at radius 2 is 1.45 bits per heavy atom. The summed E-state index contributed by atoms with van der Waals surface area (Å²) < 4.78 is 5.50. The minimum Gasteiger partial charge on any atom is -0.452 e. The molecule has 0 spiro atoms. The van der Waals surface area contributed by atoms with Gasteiger partial charge in [0.2, 0.25) is 0 Å². The molecule has 0 fully saturated rings. The van der Waals surface area contributed by atoms with Gasteiger partial charge in [-0.1, -0.05) is 66.7 Å². The number of benzene rings is 4. The molecule has 0 radical (unpaired) electrons. The summed E-state index contributed by atoms with van der Waals surface area (Å²) in [6.07, 6.45) is 0.823. The zero-order valence-corrected chi connectivity index (χ0v) is 15.8. The number of anilines is 1. The Kier molecular flexibility index (Phi) is 4.24. The van der Waals surface area contributed by atoms with Crippen molar-refractivity contribution in [3.8, 4) is 0 Å². The lowest BCUT2D eigenvalue weighted by Crippen LogP contribution is -2.33. The standard InChI is InChI=1S/C25H19NO3/c27-23(26-14-13-17-7-3-6-12-22(17)26)16-29-25(28)24-20-10-4-1-8-18(20)15-19-9-2-5-11-21(19)24/h1-12,15H,13-14,16H2. The van der Waals surface area contributed by atoms with Crippen LogP contribution in [-0.4, -0.2) is 25.0 Å². The van der Waals surface area contributed by atoms with E-state index in [1.807, 2.05) is 72.8 Å². The highest BCUT2D eigenvalue weighted by Crippen LogP contribution is 2.30. The Morgan fingerprint density at radius 1 is 0.828 bits per heavy atom. The van der Waals surface area contributed by atoms with E-state index in [0.717, 1.165) is 39.2 Å². The third-order valence-electron chi connectivity index (χ3n) is 5.49. The van der Waals surface area contributed by atoms with Gasteiger partial charge in [0, 0.05) is 12.2 Å². The summed E-state index contributed by atoms with van der Waals surface area (Å²) in [6.45, 7) is 0.345. The Balaban J connectivity index is 1.44. The third-order valence-corrected chi connectivity index (χ3v) is 5.49. The molecule has 4 heteroatoms. The van der Waals surface area contributed by atoms with E-state index in [0.29, 0.717) is 12.1 Å². The SMILES string of the molecule is O=C(OCC(=O)N1CCc2ccccc21)c1c2ccccc2cc2ccccc12. The summed E-state index contributed by atoms with van der Waals surface area (Å²) in [6, 6.07) is 25.4. The van der Waals surface area contributed by atoms with Crippen LogP contribution >= 0.6 is 0 Å². The van der Waals surface area contributed by atoms with Crippen molar-refractivity contribution in [2.45, 2.75) is 6.42 Å². The number of hydrogen-bond acceptors (Lipinski definition) is 3. The van der Waals surface area contributed by atoms with Crippen LogP contribution < -0.4 is 4.90 Å². The van der Waals surface area contributed by atoms with Crippen LogP contribution in [0.25, 0.3) is 21.5 Å². The van der Waals surface area contributed by atoms with Crippen LogP contribution in [-0.2, 0) is 16.0 Å². The van der Waals surface area contributed by atoms with Gasteiger partial charge in [-0.3, -0.25) is 4.79 Å². The summed E-state index contributed by atoms with van der Waals surface area (Å²) in [4.78, 5) is 27.5. The van der Waals surface area contributed by atoms with Crippen LogP contribution in [0.4, 0.5) is 5.69 Å². The van der Waals surface area contributed by atoms with Crippen molar-refractivity contribution in [2.24, 2.45) is 0 Å². The van der Waals surface area contributed by atoms with Gasteiger partial charge in [0.05, 0.1) is 5.56 Å². The Hall–Kier alpha value is -3.66. The van der Waals surface area contributed by atoms with E-state index in [-0.39, 0.29) is 12.5 Å². The van der Waals surface area contributed by atoms with E-state index >= 15 is 0 Å². The lowest BCUT2D eigenvalue weighted by molar-refractivity contribution is -0.121. The topological polar surface area (TPSA) is 46.6 Å². The summed E-state index contributed by atoms with van der Waals surface area (Å²) in [5, 5.41) is 3.60. The fraction of sp³-hybridized carbons (Fsp3) is 0.120. The molecular formula is C25H19NO3. The molecule has 0 aliphatic carbocycles. The first-order valence-electron chi connectivity index (χ1n) is 9.68. The predicted molar refractivity (Wildman–Crippen MR) is 114 cm³/mol. The molecule has 0 aromatic heterocycles. The third kappa shape index (κ3) is 3.03. The van der Waals surface area contributed by atoms with Crippen molar-refractivity contribution >= 4 is 39.1 Å². The minimum absolute atomic E-state index is 0.201. The minimum atomic E-state index is -0.473. The highest BCUT2D eigenvalue weighted by atomic mass is 16.5. The molecular weight excluding hydrogens is 362 g/mol. The van der Waals surface area contributed by atoms with Crippen molar-refractivity contribution in [1.82, 2.24) is 0 Å². The molecule has 1 aliphatic rings. The summed E-state index contributed by atoms with van der Waals surface area (Å²) >= 11 is 0. The van der Waals surface area contributed by atoms with Crippen molar-refractivity contribution < 1.29 is 14.3 Å². The Morgan fingerprint density at radius 3 is 2.17 bits per heavy atom. The molecule has 4 nitrogen and oxygen atoms in total. The first-order valence-corrected chi connectivity index (χ1v) is 9.68. The van der Waals surface area contributed by atoms with Gasteiger partial charge < -0.3 is 9.64 Å². The predicted octanol–water partition coefficient (Wildman–Crippen LogP) is 4.74. The molecule has 5 rings (SSSR count). The number of hydrogen-bond donors (Lipinski definition) is 0. The monoisotopic (exact) mass is 381 g/mol. The van der Waals surface area contributed by atoms with Gasteiger partial charge in [-0.2, -0.15) is 0 Å². The molecule has 29 heavy (non-hydrogen) atoms. The summed E-state index contributed by atoms with van der Waals surface area (Å²) in [5.41, 5.74) is 2.56. The fourth-order valence-electron chi connectivity index (χ4n) is 4.11. The average molecular weight is 381 g/mol. The zero-order chi connectivity index (χ0) is 19.8. The van der Waals surface area contributed by atoms with E-state index in [4.69, 9.17) is 4.74 Å². The largest absolute Gasteiger partial charge is 0.452 e. The molecule has 1 aliphatic heterocycles. The van der Waals surface area contributed by atoms with Gasteiger partial charge in [0.15, 0.2) is 6.61 Å². The van der Waals surface area contributed by atoms with E-state index in [1.165, 1.54) is 0 Å². The van der Waals surface area contributed by atoms with E-state index in [2.05, 4.69) is 6.07 Å². The Labute approximate surface area is 168 Å². The number of nitrogens with zero attached hydrogens (tertiary/aromatic N) is 1. The molecule has 0 saturated heterocycles. The van der Waals surface area contributed by atoms with Gasteiger partial charge in [-0.25, -0.2) is 4.79 Å². The molecule has 1 amide bonds. The Bertz CT molecular complexity index is 1210. The second-order valence-electron chi connectivity index (χ2n) is 7.19. The molecule has 0 unspecified atom stereocenters. The summed E-state index contributed by atoms with van der Waals surface area (Å²) in [7, 11) is 0. The average Bonchev–Trinajstić information content (AvgIpc) is 3.20. The van der Waals surface area contributed by atoms with Crippen LogP contribution in [0.3, 0.4) is 0 Å². The molecule has 0 N–H and O–H groups in total. The first-order chi connectivity index (χ1) is 14.2. The van der Waals surface area contributed by atoms with E-state index in [9.17, 15) is 9.59 Å². The van der Waals surface area contributed by atoms with Gasteiger partial charge in [0.25, 0.3) is 5.91 Å². The quantitative estimate of drug-likeness (QED) is 0.380. The number of para-hydroxylation sites is 1. The number of ether oxygens (including phenoxy) is 1. The van der Waals surface area contributed by atoms with E-state index in [1.54, 1.807) is 4.90 Å². The maximum Gasteiger partial charge on any atom is 0.339 e. The molecule has 0 bridgehead atoms. The van der Waals surface area contributed by atoms with Gasteiger partial charge in [-0.15, -0.1) is 0 Å². The fourth-order valence-corrected chi connectivity index (χ4v) is 4.11. The maximum absolute atomic E-state index is 13.0. The molecule has 4 aromatic rings. The molecule has 0 saturated carbocycles. The highest BCUT2D eigenvalue weighted by Gasteiger charge is 2.25. The smallest absolute Gasteiger partial charge is 0.339 e. The lowest BCUT2D eigenvalue weighted by Gasteiger charge is -2.17. The number of amides is 1. The molecule has 0 atom stereocenters. The van der Waals surface area contributed by atoms with Crippen LogP contribution in [0.15, 0.2) is 78.9 Å². The van der Waals surface area contributed by atoms with Crippen LogP contribution in [0.5, 0.6) is 0 Å². The highest BCUT2D eigenvalue weighted by molar-refractivity contribution is 6.16. The number of rotatable bonds is 3. The van der Waals surface area contributed by atoms with Gasteiger partial charge in [0.1, 0.15) is 0 Å². The zero-order valence-electron chi connectivity index (χ0n) is 15.8. The van der Waals surface area contributed by atoms with Gasteiger partial charge >= 0.3 is 5.97 Å². The van der Waals surface area contributed by atoms with Gasteiger partial charge in [-0.05, 0) is 45.7 Å². The van der Waals surface area contributed by atoms with Crippen molar-refractivity contribution in [3.63, 3.8) is 0 Å².